The minimum absolute atomic E-state index is 0.0402. The number of nitro benzene ring substituents is 1. The molecule has 0 heterocycles. The van der Waals surface area contributed by atoms with Crippen molar-refractivity contribution in [2.75, 3.05) is 13.7 Å². The highest BCUT2D eigenvalue weighted by molar-refractivity contribution is 5.91. The van der Waals surface area contributed by atoms with Gasteiger partial charge in [0.05, 0.1) is 23.8 Å². The number of amides is 1. The summed E-state index contributed by atoms with van der Waals surface area (Å²) < 4.78 is 29.0. The van der Waals surface area contributed by atoms with E-state index >= 15 is 0 Å². The number of esters is 1. The first-order valence-corrected chi connectivity index (χ1v) is 9.71. The lowest BCUT2D eigenvalue weighted by Gasteiger charge is -2.10. The van der Waals surface area contributed by atoms with Crippen LogP contribution in [0.4, 0.5) is 10.1 Å². The third kappa shape index (κ3) is 6.36. The smallest absolute Gasteiger partial charge is 0.343 e. The van der Waals surface area contributed by atoms with Gasteiger partial charge in [0.15, 0.2) is 23.9 Å². The average molecular weight is 467 g/mol. The topological polar surface area (TPSA) is 129 Å². The van der Waals surface area contributed by atoms with Crippen LogP contribution in [0.2, 0.25) is 0 Å². The molecular formula is C23H18FN3O7. The average Bonchev–Trinajstić information content (AvgIpc) is 2.83. The zero-order chi connectivity index (χ0) is 24.5. The highest BCUT2D eigenvalue weighted by Crippen LogP contribution is 2.28. The van der Waals surface area contributed by atoms with Crippen LogP contribution in [-0.2, 0) is 4.79 Å². The Bertz CT molecular complexity index is 1250. The van der Waals surface area contributed by atoms with Crippen molar-refractivity contribution in [1.29, 1.82) is 0 Å². The lowest BCUT2D eigenvalue weighted by molar-refractivity contribution is -0.385. The monoisotopic (exact) mass is 467 g/mol. The van der Waals surface area contributed by atoms with E-state index in [4.69, 9.17) is 14.2 Å². The number of hydrogen-bond donors (Lipinski definition) is 1. The number of methoxy groups -OCH3 is 1. The van der Waals surface area contributed by atoms with Crippen molar-refractivity contribution < 1.29 is 33.1 Å². The molecule has 0 aromatic heterocycles. The van der Waals surface area contributed by atoms with E-state index in [0.29, 0.717) is 5.56 Å². The lowest BCUT2D eigenvalue weighted by Crippen LogP contribution is -2.24. The number of carbonyl (C=O) groups excluding carboxylic acids is 2. The maximum atomic E-state index is 13.3. The Hall–Kier alpha value is -4.80. The van der Waals surface area contributed by atoms with E-state index in [-0.39, 0.29) is 28.5 Å². The molecule has 3 rings (SSSR count). The maximum absolute atomic E-state index is 13.3. The number of benzene rings is 3. The molecule has 0 unspecified atom stereocenters. The fraction of sp³-hybridized carbons (Fsp3) is 0.0870. The van der Waals surface area contributed by atoms with Gasteiger partial charge in [-0.3, -0.25) is 14.9 Å². The minimum atomic E-state index is -0.759. The number of nitrogens with zero attached hydrogens (tertiary/aromatic N) is 2. The van der Waals surface area contributed by atoms with Crippen LogP contribution in [0.25, 0.3) is 0 Å². The van der Waals surface area contributed by atoms with Gasteiger partial charge < -0.3 is 14.2 Å². The van der Waals surface area contributed by atoms with E-state index in [1.807, 2.05) is 0 Å². The summed E-state index contributed by atoms with van der Waals surface area (Å²) in [5.74, 6) is -1.69. The van der Waals surface area contributed by atoms with Crippen molar-refractivity contribution in [1.82, 2.24) is 5.43 Å². The summed E-state index contributed by atoms with van der Waals surface area (Å²) in [6.45, 7) is -0.486. The van der Waals surface area contributed by atoms with Crippen LogP contribution in [0.5, 0.6) is 17.2 Å². The van der Waals surface area contributed by atoms with Crippen molar-refractivity contribution in [2.45, 2.75) is 0 Å². The molecule has 0 saturated carbocycles. The maximum Gasteiger partial charge on any atom is 0.343 e. The van der Waals surface area contributed by atoms with Crippen molar-refractivity contribution in [3.63, 3.8) is 0 Å². The lowest BCUT2D eigenvalue weighted by atomic mass is 10.2. The molecule has 0 aliphatic carbocycles. The Morgan fingerprint density at radius 3 is 2.59 bits per heavy atom. The molecule has 1 N–H and O–H groups in total. The highest BCUT2D eigenvalue weighted by atomic mass is 19.1. The molecule has 0 radical (unpaired) electrons. The third-order valence-electron chi connectivity index (χ3n) is 4.27. The predicted molar refractivity (Wildman–Crippen MR) is 119 cm³/mol. The van der Waals surface area contributed by atoms with Gasteiger partial charge in [-0.2, -0.15) is 5.10 Å². The van der Waals surface area contributed by atoms with Gasteiger partial charge in [-0.05, 0) is 48.0 Å². The van der Waals surface area contributed by atoms with E-state index in [1.165, 1.54) is 61.9 Å². The molecule has 11 heteroatoms. The van der Waals surface area contributed by atoms with Crippen LogP contribution in [0.3, 0.4) is 0 Å². The predicted octanol–water partition coefficient (Wildman–Crippen LogP) is 3.49. The number of hydrazone groups is 1. The second-order valence-electron chi connectivity index (χ2n) is 6.62. The Kier molecular flexibility index (Phi) is 7.84. The van der Waals surface area contributed by atoms with Crippen LogP contribution >= 0.6 is 0 Å². The van der Waals surface area contributed by atoms with Crippen molar-refractivity contribution in [2.24, 2.45) is 5.10 Å². The quantitative estimate of drug-likeness (QED) is 0.168. The molecule has 0 aliphatic rings. The summed E-state index contributed by atoms with van der Waals surface area (Å²) in [6.07, 6.45) is 1.31. The number of para-hydroxylation sites is 2. The van der Waals surface area contributed by atoms with Gasteiger partial charge in [-0.15, -0.1) is 0 Å². The third-order valence-corrected chi connectivity index (χ3v) is 4.27. The number of nitrogens with one attached hydrogen (secondary N) is 1. The van der Waals surface area contributed by atoms with Crippen LogP contribution in [-0.4, -0.2) is 36.7 Å². The summed E-state index contributed by atoms with van der Waals surface area (Å²) in [5, 5.41) is 14.8. The SMILES string of the molecule is COc1cc(/C=N\NC(=O)COc2ccccc2[N+](=O)[O-])ccc1OC(=O)c1cccc(F)c1. The van der Waals surface area contributed by atoms with E-state index in [9.17, 15) is 24.1 Å². The van der Waals surface area contributed by atoms with Gasteiger partial charge in [0.25, 0.3) is 5.91 Å². The number of rotatable bonds is 9. The van der Waals surface area contributed by atoms with Gasteiger partial charge >= 0.3 is 11.7 Å². The highest BCUT2D eigenvalue weighted by Gasteiger charge is 2.15. The van der Waals surface area contributed by atoms with Gasteiger partial charge in [-0.25, -0.2) is 14.6 Å². The van der Waals surface area contributed by atoms with Gasteiger partial charge in [0, 0.05) is 6.07 Å². The molecule has 174 valence electrons. The van der Waals surface area contributed by atoms with E-state index in [2.05, 4.69) is 10.5 Å². The molecule has 0 atom stereocenters. The first-order valence-electron chi connectivity index (χ1n) is 9.71. The zero-order valence-corrected chi connectivity index (χ0v) is 17.8. The van der Waals surface area contributed by atoms with Crippen molar-refractivity contribution >= 4 is 23.8 Å². The van der Waals surface area contributed by atoms with E-state index in [0.717, 1.165) is 6.07 Å². The van der Waals surface area contributed by atoms with Crippen molar-refractivity contribution in [3.05, 3.63) is 93.8 Å². The summed E-state index contributed by atoms with van der Waals surface area (Å²) in [6, 6.07) is 15.3. The molecular weight excluding hydrogens is 449 g/mol. The molecule has 0 fully saturated rings. The fourth-order valence-electron chi connectivity index (χ4n) is 2.71. The second-order valence-corrected chi connectivity index (χ2v) is 6.62. The zero-order valence-electron chi connectivity index (χ0n) is 17.8. The van der Waals surface area contributed by atoms with Crippen molar-refractivity contribution in [3.8, 4) is 17.2 Å². The Labute approximate surface area is 192 Å². The molecule has 0 spiro atoms. The van der Waals surface area contributed by atoms with E-state index in [1.54, 1.807) is 12.1 Å². The minimum Gasteiger partial charge on any atom is -0.493 e. The first-order chi connectivity index (χ1) is 16.4. The summed E-state index contributed by atoms with van der Waals surface area (Å²) in [4.78, 5) is 34.5. The summed E-state index contributed by atoms with van der Waals surface area (Å²) >= 11 is 0. The van der Waals surface area contributed by atoms with Gasteiger partial charge in [0.1, 0.15) is 5.82 Å². The van der Waals surface area contributed by atoms with Crippen LogP contribution < -0.4 is 19.6 Å². The van der Waals surface area contributed by atoms with E-state index < -0.39 is 29.2 Å². The summed E-state index contributed by atoms with van der Waals surface area (Å²) in [5.41, 5.74) is 2.52. The normalized spacial score (nSPS) is 10.5. The molecule has 3 aromatic rings. The number of nitro groups is 1. The Morgan fingerprint density at radius 2 is 1.85 bits per heavy atom. The Morgan fingerprint density at radius 1 is 1.06 bits per heavy atom. The molecule has 34 heavy (non-hydrogen) atoms. The van der Waals surface area contributed by atoms with Crippen LogP contribution in [0, 0.1) is 15.9 Å². The number of carbonyl (C=O) groups is 2. The standard InChI is InChI=1S/C23H18FN3O7/c1-32-21-11-15(9-10-20(21)34-23(29)16-5-4-6-17(24)12-16)13-25-26-22(28)14-33-19-8-3-2-7-18(19)27(30)31/h2-13H,14H2,1H3,(H,26,28)/b25-13-. The first kappa shape index (κ1) is 23.9. The molecule has 0 bridgehead atoms. The molecule has 3 aromatic carbocycles. The van der Waals surface area contributed by atoms with Gasteiger partial charge in [-0.1, -0.05) is 18.2 Å². The summed E-state index contributed by atoms with van der Waals surface area (Å²) in [7, 11) is 1.37. The Balaban J connectivity index is 1.58. The molecule has 10 nitrogen and oxygen atoms in total. The molecule has 0 aliphatic heterocycles. The second kappa shape index (κ2) is 11.2. The number of halogens is 1. The number of hydrogen-bond acceptors (Lipinski definition) is 8. The largest absolute Gasteiger partial charge is 0.493 e. The van der Waals surface area contributed by atoms with Gasteiger partial charge in [0.2, 0.25) is 0 Å². The van der Waals surface area contributed by atoms with Crippen LogP contribution in [0.1, 0.15) is 15.9 Å². The fourth-order valence-corrected chi connectivity index (χ4v) is 2.71. The number of ether oxygens (including phenoxy) is 3. The molecule has 1 amide bonds. The van der Waals surface area contributed by atoms with Crippen LogP contribution in [0.15, 0.2) is 71.8 Å². The molecule has 0 saturated heterocycles.